The Morgan fingerprint density at radius 1 is 1.26 bits per heavy atom. The molecule has 2 fully saturated rings. The largest absolute Gasteiger partial charge is 0.471 e. The number of halogens is 3. The van der Waals surface area contributed by atoms with Crippen LogP contribution < -0.4 is 10.1 Å². The lowest BCUT2D eigenvalue weighted by Crippen LogP contribution is -2.47. The number of unbranched alkanes of at least 4 members (excludes halogenated alkanes) is 1. The number of esters is 1. The van der Waals surface area contributed by atoms with Gasteiger partial charge in [0, 0.05) is 29.6 Å². The standard InChI is InChI=1S/C18H18F3N3O6S/c19-18(20,21)16(26)23-12-9-31-13(15(12)22-17(23)27)3-1-2-4-14(25)30-11-7-5-10(6-8-11)24(28)29/h5-8,12-13,15H,1-4,9H2,(H,22,27). The number of nitro groups is 1. The zero-order valence-corrected chi connectivity index (χ0v) is 16.8. The van der Waals surface area contributed by atoms with E-state index in [0.717, 1.165) is 0 Å². The van der Waals surface area contributed by atoms with Gasteiger partial charge in [-0.05, 0) is 25.0 Å². The van der Waals surface area contributed by atoms with Gasteiger partial charge in [-0.3, -0.25) is 24.6 Å². The van der Waals surface area contributed by atoms with E-state index in [1.54, 1.807) is 0 Å². The molecular weight excluding hydrogens is 443 g/mol. The van der Waals surface area contributed by atoms with Gasteiger partial charge in [0.1, 0.15) is 5.75 Å². The van der Waals surface area contributed by atoms with Crippen molar-refractivity contribution in [3.05, 3.63) is 34.4 Å². The molecule has 168 valence electrons. The normalized spacial score (nSPS) is 22.7. The lowest BCUT2D eigenvalue weighted by Gasteiger charge is -2.20. The lowest BCUT2D eigenvalue weighted by molar-refractivity contribution is -0.384. The number of nitrogens with zero attached hydrogens (tertiary/aromatic N) is 2. The Morgan fingerprint density at radius 2 is 1.94 bits per heavy atom. The second-order valence-electron chi connectivity index (χ2n) is 7.06. The third kappa shape index (κ3) is 5.27. The second kappa shape index (κ2) is 9.12. The molecule has 0 spiro atoms. The number of ether oxygens (including phenoxy) is 1. The number of non-ortho nitro benzene ring substituents is 1. The molecule has 3 amide bonds. The van der Waals surface area contributed by atoms with E-state index in [4.69, 9.17) is 4.74 Å². The molecule has 0 saturated carbocycles. The molecule has 2 aliphatic rings. The van der Waals surface area contributed by atoms with Crippen LogP contribution in [0.25, 0.3) is 0 Å². The number of imide groups is 1. The summed E-state index contributed by atoms with van der Waals surface area (Å²) in [6.07, 6.45) is -3.45. The lowest BCUT2D eigenvalue weighted by atomic mass is 10.0. The molecule has 2 heterocycles. The fraction of sp³-hybridized carbons (Fsp3) is 0.500. The first-order chi connectivity index (χ1) is 14.6. The van der Waals surface area contributed by atoms with Crippen molar-refractivity contribution < 1.29 is 37.2 Å². The molecule has 3 unspecified atom stereocenters. The number of carbonyl (C=O) groups is 3. The number of carbonyl (C=O) groups excluding carboxylic acids is 3. The molecule has 1 aromatic carbocycles. The minimum absolute atomic E-state index is 0.0908. The van der Waals surface area contributed by atoms with Gasteiger partial charge < -0.3 is 10.1 Å². The van der Waals surface area contributed by atoms with E-state index in [-0.39, 0.29) is 33.8 Å². The number of alkyl halides is 3. The highest BCUT2D eigenvalue weighted by atomic mass is 32.2. The van der Waals surface area contributed by atoms with Gasteiger partial charge in [0.15, 0.2) is 0 Å². The van der Waals surface area contributed by atoms with Crippen LogP contribution in [0.2, 0.25) is 0 Å². The van der Waals surface area contributed by atoms with E-state index in [9.17, 15) is 37.7 Å². The number of hydrogen-bond acceptors (Lipinski definition) is 7. The van der Waals surface area contributed by atoms with Crippen molar-refractivity contribution >= 4 is 35.4 Å². The van der Waals surface area contributed by atoms with Crippen LogP contribution in [0, 0.1) is 10.1 Å². The number of thioether (sulfide) groups is 1. The van der Waals surface area contributed by atoms with Crippen LogP contribution in [0.1, 0.15) is 25.7 Å². The van der Waals surface area contributed by atoms with Gasteiger partial charge in [-0.2, -0.15) is 24.9 Å². The number of amides is 3. The van der Waals surface area contributed by atoms with Crippen molar-refractivity contribution in [3.8, 4) is 5.75 Å². The fourth-order valence-electron chi connectivity index (χ4n) is 3.54. The van der Waals surface area contributed by atoms with Gasteiger partial charge in [0.2, 0.25) is 0 Å². The number of hydrogen-bond donors (Lipinski definition) is 1. The van der Waals surface area contributed by atoms with Gasteiger partial charge in [-0.25, -0.2) is 4.79 Å². The molecule has 31 heavy (non-hydrogen) atoms. The number of urea groups is 1. The zero-order chi connectivity index (χ0) is 22.8. The van der Waals surface area contributed by atoms with Crippen LogP contribution in [0.3, 0.4) is 0 Å². The summed E-state index contributed by atoms with van der Waals surface area (Å²) in [5.41, 5.74) is -0.123. The number of nitrogens with one attached hydrogen (secondary N) is 1. The molecule has 2 aliphatic heterocycles. The van der Waals surface area contributed by atoms with Gasteiger partial charge in [0.25, 0.3) is 5.69 Å². The maximum atomic E-state index is 12.7. The van der Waals surface area contributed by atoms with E-state index in [2.05, 4.69) is 5.32 Å². The molecular formula is C18H18F3N3O6S. The topological polar surface area (TPSA) is 119 Å². The first kappa shape index (κ1) is 22.8. The highest BCUT2D eigenvalue weighted by molar-refractivity contribution is 8.00. The predicted molar refractivity (Wildman–Crippen MR) is 102 cm³/mol. The average molecular weight is 461 g/mol. The van der Waals surface area contributed by atoms with Crippen molar-refractivity contribution in [2.45, 2.75) is 49.2 Å². The van der Waals surface area contributed by atoms with Crippen LogP contribution in [-0.2, 0) is 9.59 Å². The molecule has 2 saturated heterocycles. The van der Waals surface area contributed by atoms with Crippen LogP contribution >= 0.6 is 11.8 Å². The minimum Gasteiger partial charge on any atom is -0.427 e. The van der Waals surface area contributed by atoms with Crippen LogP contribution in [0.15, 0.2) is 24.3 Å². The Bertz CT molecular complexity index is 879. The Labute approximate surface area is 178 Å². The van der Waals surface area contributed by atoms with Gasteiger partial charge in [-0.1, -0.05) is 6.42 Å². The second-order valence-corrected chi connectivity index (χ2v) is 8.33. The van der Waals surface area contributed by atoms with Crippen LogP contribution in [-0.4, -0.2) is 57.0 Å². The third-order valence-electron chi connectivity index (χ3n) is 5.00. The summed E-state index contributed by atoms with van der Waals surface area (Å²) >= 11 is 1.39. The Kier molecular flexibility index (Phi) is 6.72. The van der Waals surface area contributed by atoms with Crippen LogP contribution in [0.4, 0.5) is 23.7 Å². The summed E-state index contributed by atoms with van der Waals surface area (Å²) < 4.78 is 43.2. The van der Waals surface area contributed by atoms with E-state index in [1.165, 1.54) is 36.0 Å². The van der Waals surface area contributed by atoms with E-state index in [1.807, 2.05) is 0 Å². The molecule has 3 rings (SSSR count). The summed E-state index contributed by atoms with van der Waals surface area (Å²) in [6.45, 7) is 0. The smallest absolute Gasteiger partial charge is 0.427 e. The first-order valence-corrected chi connectivity index (χ1v) is 10.4. The summed E-state index contributed by atoms with van der Waals surface area (Å²) in [6, 6.07) is 2.65. The van der Waals surface area contributed by atoms with E-state index in [0.29, 0.717) is 19.3 Å². The molecule has 1 N–H and O–H groups in total. The molecule has 1 aromatic rings. The first-order valence-electron chi connectivity index (χ1n) is 9.35. The molecule has 0 bridgehead atoms. The van der Waals surface area contributed by atoms with E-state index < -0.39 is 41.1 Å². The molecule has 0 aliphatic carbocycles. The summed E-state index contributed by atoms with van der Waals surface area (Å²) in [7, 11) is 0. The van der Waals surface area contributed by atoms with E-state index >= 15 is 0 Å². The van der Waals surface area contributed by atoms with Crippen molar-refractivity contribution in [1.82, 2.24) is 10.2 Å². The maximum Gasteiger partial charge on any atom is 0.471 e. The third-order valence-corrected chi connectivity index (χ3v) is 6.49. The number of fused-ring (bicyclic) bond motifs is 1. The van der Waals surface area contributed by atoms with Crippen molar-refractivity contribution in [1.29, 1.82) is 0 Å². The van der Waals surface area contributed by atoms with Crippen molar-refractivity contribution in [3.63, 3.8) is 0 Å². The zero-order valence-electron chi connectivity index (χ0n) is 16.0. The average Bonchev–Trinajstić information content (AvgIpc) is 3.22. The summed E-state index contributed by atoms with van der Waals surface area (Å²) in [5.74, 6) is -2.26. The molecule has 9 nitrogen and oxygen atoms in total. The Hall–Kier alpha value is -2.83. The highest BCUT2D eigenvalue weighted by Crippen LogP contribution is 2.38. The summed E-state index contributed by atoms with van der Waals surface area (Å²) in [4.78, 5) is 45.6. The minimum atomic E-state index is -5.11. The number of rotatable bonds is 7. The Balaban J connectivity index is 1.42. The molecule has 0 aromatic heterocycles. The van der Waals surface area contributed by atoms with Crippen LogP contribution in [0.5, 0.6) is 5.75 Å². The molecule has 3 atom stereocenters. The SMILES string of the molecule is O=C(CCCCC1SCC2C1NC(=O)N2C(=O)C(F)(F)F)Oc1ccc([N+](=O)[O-])cc1. The summed E-state index contributed by atoms with van der Waals surface area (Å²) in [5, 5.41) is 12.9. The predicted octanol–water partition coefficient (Wildman–Crippen LogP) is 3.03. The molecule has 13 heteroatoms. The van der Waals surface area contributed by atoms with Gasteiger partial charge in [-0.15, -0.1) is 0 Å². The van der Waals surface area contributed by atoms with Crippen molar-refractivity contribution in [2.24, 2.45) is 0 Å². The maximum absolute atomic E-state index is 12.7. The number of benzene rings is 1. The highest BCUT2D eigenvalue weighted by Gasteiger charge is 2.56. The molecule has 0 radical (unpaired) electrons. The van der Waals surface area contributed by atoms with Crippen molar-refractivity contribution in [2.75, 3.05) is 5.75 Å². The van der Waals surface area contributed by atoms with Gasteiger partial charge >= 0.3 is 24.1 Å². The number of nitro benzene ring substituents is 1. The fourth-order valence-corrected chi connectivity index (χ4v) is 5.13. The Morgan fingerprint density at radius 3 is 2.55 bits per heavy atom. The van der Waals surface area contributed by atoms with Gasteiger partial charge in [0.05, 0.1) is 17.0 Å². The monoisotopic (exact) mass is 461 g/mol. The quantitative estimate of drug-likeness (QED) is 0.166.